The quantitative estimate of drug-likeness (QED) is 0.710. The Kier molecular flexibility index (Phi) is 2.27. The maximum Gasteiger partial charge on any atom is 0.278 e. The van der Waals surface area contributed by atoms with Gasteiger partial charge in [0.1, 0.15) is 0 Å². The summed E-state index contributed by atoms with van der Waals surface area (Å²) in [5.41, 5.74) is 0. The predicted molar refractivity (Wildman–Crippen MR) is 43.9 cm³/mol. The molecule has 0 unspecified atom stereocenters. The molecule has 0 N–H and O–H groups in total. The van der Waals surface area contributed by atoms with Crippen molar-refractivity contribution in [2.75, 3.05) is 0 Å². The van der Waals surface area contributed by atoms with E-state index in [0.717, 1.165) is 0 Å². The number of hydrogen-bond donors (Lipinski definition) is 0. The van der Waals surface area contributed by atoms with Crippen molar-refractivity contribution in [1.82, 2.24) is 9.55 Å². The van der Waals surface area contributed by atoms with Gasteiger partial charge in [-0.05, 0) is 15.9 Å². The highest BCUT2D eigenvalue weighted by Gasteiger charge is 2.16. The molecule has 1 rings (SSSR count). The molecular weight excluding hydrogens is 255 g/mol. The first-order chi connectivity index (χ1) is 4.93. The van der Waals surface area contributed by atoms with Crippen molar-refractivity contribution in [3.05, 3.63) is 10.9 Å². The first kappa shape index (κ1) is 9.02. The van der Waals surface area contributed by atoms with Gasteiger partial charge in [0, 0.05) is 17.7 Å². The molecule has 1 aromatic rings. The van der Waals surface area contributed by atoms with Gasteiger partial charge in [-0.1, -0.05) is 0 Å². The summed E-state index contributed by atoms with van der Waals surface area (Å²) < 4.78 is 23.3. The highest BCUT2D eigenvalue weighted by atomic mass is 79.9. The third kappa shape index (κ3) is 1.74. The zero-order valence-corrected chi connectivity index (χ0v) is 8.61. The van der Waals surface area contributed by atoms with Crippen molar-refractivity contribution in [2.45, 2.75) is 5.03 Å². The summed E-state index contributed by atoms with van der Waals surface area (Å²) in [6.07, 6.45) is 1.19. The van der Waals surface area contributed by atoms with Crippen molar-refractivity contribution in [2.24, 2.45) is 7.05 Å². The van der Waals surface area contributed by atoms with Crippen molar-refractivity contribution in [3.63, 3.8) is 0 Å². The molecule has 1 heterocycles. The van der Waals surface area contributed by atoms with Crippen LogP contribution in [0.3, 0.4) is 0 Å². The summed E-state index contributed by atoms with van der Waals surface area (Å²) in [5.74, 6) is 0. The van der Waals surface area contributed by atoms with Gasteiger partial charge in [0.2, 0.25) is 0 Å². The van der Waals surface area contributed by atoms with Crippen LogP contribution in [0.4, 0.5) is 0 Å². The minimum absolute atomic E-state index is 0.0222. The normalized spacial score (nSPS) is 11.9. The number of rotatable bonds is 1. The van der Waals surface area contributed by atoms with E-state index in [4.69, 9.17) is 10.7 Å². The number of nitrogens with zero attached hydrogens (tertiary/aromatic N) is 2. The van der Waals surface area contributed by atoms with Crippen LogP contribution in [0, 0.1) is 0 Å². The van der Waals surface area contributed by atoms with Crippen LogP contribution in [0.1, 0.15) is 0 Å². The summed E-state index contributed by atoms with van der Waals surface area (Å²) in [6.45, 7) is 0. The summed E-state index contributed by atoms with van der Waals surface area (Å²) >= 11 is 3.04. The summed E-state index contributed by atoms with van der Waals surface area (Å²) in [7, 11) is 2.95. The van der Waals surface area contributed by atoms with E-state index in [1.807, 2.05) is 0 Å². The fourth-order valence-corrected chi connectivity index (χ4v) is 2.03. The van der Waals surface area contributed by atoms with Crippen LogP contribution in [-0.2, 0) is 16.1 Å². The highest BCUT2D eigenvalue weighted by molar-refractivity contribution is 9.10. The summed E-state index contributed by atoms with van der Waals surface area (Å²) in [4.78, 5) is 3.70. The fourth-order valence-electron chi connectivity index (χ4n) is 0.599. The van der Waals surface area contributed by atoms with Crippen LogP contribution >= 0.6 is 26.6 Å². The van der Waals surface area contributed by atoms with E-state index in [0.29, 0.717) is 4.73 Å². The first-order valence-corrected chi connectivity index (χ1v) is 5.65. The van der Waals surface area contributed by atoms with Gasteiger partial charge >= 0.3 is 0 Å². The molecule has 4 nitrogen and oxygen atoms in total. The lowest BCUT2D eigenvalue weighted by atomic mass is 10.9. The van der Waals surface area contributed by atoms with Crippen LogP contribution in [0.2, 0.25) is 0 Å². The van der Waals surface area contributed by atoms with Gasteiger partial charge in [0.15, 0.2) is 9.76 Å². The molecule has 0 saturated heterocycles. The predicted octanol–water partition coefficient (Wildman–Crippen LogP) is 1.11. The molecule has 62 valence electrons. The topological polar surface area (TPSA) is 52.0 Å². The molecule has 7 heteroatoms. The van der Waals surface area contributed by atoms with E-state index in [1.165, 1.54) is 10.8 Å². The van der Waals surface area contributed by atoms with Gasteiger partial charge in [0.05, 0.1) is 6.20 Å². The SMILES string of the molecule is Cn1c(S(=O)(=O)Cl)cnc1Br. The number of hydrogen-bond acceptors (Lipinski definition) is 3. The van der Waals surface area contributed by atoms with Crippen LogP contribution in [0.15, 0.2) is 16.0 Å². The van der Waals surface area contributed by atoms with E-state index in [2.05, 4.69) is 20.9 Å². The molecule has 1 aromatic heterocycles. The van der Waals surface area contributed by atoms with Crippen molar-refractivity contribution in [1.29, 1.82) is 0 Å². The Labute approximate surface area is 76.7 Å². The minimum Gasteiger partial charge on any atom is -0.312 e. The Morgan fingerprint density at radius 2 is 2.27 bits per heavy atom. The molecule has 0 fully saturated rings. The molecule has 0 radical (unpaired) electrons. The highest BCUT2D eigenvalue weighted by Crippen LogP contribution is 2.17. The molecule has 11 heavy (non-hydrogen) atoms. The molecule has 0 amide bonds. The second-order valence-electron chi connectivity index (χ2n) is 1.86. The van der Waals surface area contributed by atoms with Gasteiger partial charge in [0.25, 0.3) is 9.05 Å². The third-order valence-electron chi connectivity index (χ3n) is 1.14. The van der Waals surface area contributed by atoms with Crippen molar-refractivity contribution in [3.8, 4) is 0 Å². The fraction of sp³-hybridized carbons (Fsp3) is 0.250. The molecule has 0 aliphatic heterocycles. The van der Waals surface area contributed by atoms with E-state index < -0.39 is 9.05 Å². The third-order valence-corrected chi connectivity index (χ3v) is 3.23. The van der Waals surface area contributed by atoms with Crippen molar-refractivity contribution < 1.29 is 8.42 Å². The Hall–Kier alpha value is -0.0700. The Bertz CT molecular complexity index is 371. The Balaban J connectivity index is 3.38. The van der Waals surface area contributed by atoms with Crippen LogP contribution in [-0.4, -0.2) is 18.0 Å². The van der Waals surface area contributed by atoms with Gasteiger partial charge in [-0.2, -0.15) is 0 Å². The summed E-state index contributed by atoms with van der Waals surface area (Å²) in [6, 6.07) is 0. The molecule has 0 aliphatic rings. The van der Waals surface area contributed by atoms with Crippen LogP contribution in [0.5, 0.6) is 0 Å². The molecular formula is C4H4BrClN2O2S. The average molecular weight is 260 g/mol. The lowest BCUT2D eigenvalue weighted by Crippen LogP contribution is -1.99. The average Bonchev–Trinajstić information content (AvgIpc) is 2.11. The Morgan fingerprint density at radius 1 is 1.73 bits per heavy atom. The first-order valence-electron chi connectivity index (χ1n) is 2.55. The second kappa shape index (κ2) is 2.76. The smallest absolute Gasteiger partial charge is 0.278 e. The summed E-state index contributed by atoms with van der Waals surface area (Å²) in [5, 5.41) is -0.0222. The molecule has 0 saturated carbocycles. The standard InChI is InChI=1S/C4H4BrClN2O2S/c1-8-3(11(6,9)10)2-7-4(8)5/h2H,1H3. The largest absolute Gasteiger partial charge is 0.312 e. The second-order valence-corrected chi connectivity index (χ2v) is 5.08. The van der Waals surface area contributed by atoms with Crippen LogP contribution in [0.25, 0.3) is 0 Å². The zero-order valence-electron chi connectivity index (χ0n) is 5.45. The maximum absolute atomic E-state index is 10.8. The number of halogens is 2. The van der Waals surface area contributed by atoms with E-state index >= 15 is 0 Å². The lowest BCUT2D eigenvalue weighted by molar-refractivity contribution is 0.599. The monoisotopic (exact) mass is 258 g/mol. The van der Waals surface area contributed by atoms with Gasteiger partial charge in [-0.15, -0.1) is 0 Å². The maximum atomic E-state index is 10.8. The van der Waals surface area contributed by atoms with Gasteiger partial charge in [-0.3, -0.25) is 0 Å². The van der Waals surface area contributed by atoms with E-state index in [1.54, 1.807) is 7.05 Å². The minimum atomic E-state index is -3.67. The number of imidazole rings is 1. The molecule has 0 aromatic carbocycles. The number of aromatic nitrogens is 2. The molecule has 0 spiro atoms. The van der Waals surface area contributed by atoms with Gasteiger partial charge < -0.3 is 4.57 Å². The zero-order chi connectivity index (χ0) is 8.65. The van der Waals surface area contributed by atoms with Crippen LogP contribution < -0.4 is 0 Å². The van der Waals surface area contributed by atoms with E-state index in [9.17, 15) is 8.42 Å². The van der Waals surface area contributed by atoms with Crippen molar-refractivity contribution >= 4 is 35.7 Å². The van der Waals surface area contributed by atoms with Gasteiger partial charge in [-0.25, -0.2) is 13.4 Å². The van der Waals surface area contributed by atoms with E-state index in [-0.39, 0.29) is 5.03 Å². The molecule has 0 aliphatic carbocycles. The lowest BCUT2D eigenvalue weighted by Gasteiger charge is -1.96. The Morgan fingerprint density at radius 3 is 2.45 bits per heavy atom. The molecule has 0 bridgehead atoms. The molecule has 0 atom stereocenters.